The molecule has 2 N–H and O–H groups in total. The van der Waals surface area contributed by atoms with Crippen molar-refractivity contribution in [2.24, 2.45) is 0 Å². The Morgan fingerprint density at radius 3 is 2.88 bits per heavy atom. The monoisotopic (exact) mass is 238 g/mol. The first-order valence-electron chi connectivity index (χ1n) is 5.57. The summed E-state index contributed by atoms with van der Waals surface area (Å²) in [5, 5.41) is 0.630. The minimum atomic E-state index is 0.493. The molecule has 1 fully saturated rings. The van der Waals surface area contributed by atoms with Gasteiger partial charge in [0.1, 0.15) is 17.5 Å². The zero-order chi connectivity index (χ0) is 11.7. The summed E-state index contributed by atoms with van der Waals surface area (Å²) in [6.45, 7) is 7.42. The third-order valence-electron chi connectivity index (χ3n) is 3.02. The van der Waals surface area contributed by atoms with E-state index in [-0.39, 0.29) is 0 Å². The lowest BCUT2D eigenvalue weighted by atomic mass is 10.2. The Kier molecular flexibility index (Phi) is 3.23. The average Bonchev–Trinajstić information content (AvgIpc) is 2.20. The molecular weight excluding hydrogens is 220 g/mol. The lowest BCUT2D eigenvalue weighted by Gasteiger charge is -2.38. The Morgan fingerprint density at radius 1 is 1.44 bits per heavy atom. The zero-order valence-corrected chi connectivity index (χ0v) is 10.8. The Morgan fingerprint density at radius 2 is 2.19 bits per heavy atom. The number of hydrogen-bond acceptors (Lipinski definition) is 5. The van der Waals surface area contributed by atoms with E-state index in [1.807, 2.05) is 24.8 Å². The number of rotatable bonds is 1. The molecule has 5 heteroatoms. The highest BCUT2D eigenvalue weighted by Crippen LogP contribution is 2.28. The summed E-state index contributed by atoms with van der Waals surface area (Å²) >= 11 is 2.02. The quantitative estimate of drug-likeness (QED) is 0.807. The van der Waals surface area contributed by atoms with E-state index in [2.05, 4.69) is 28.7 Å². The van der Waals surface area contributed by atoms with Crippen molar-refractivity contribution in [3.63, 3.8) is 0 Å². The van der Waals surface area contributed by atoms with Crippen molar-refractivity contribution in [1.82, 2.24) is 9.97 Å². The van der Waals surface area contributed by atoms with E-state index >= 15 is 0 Å². The van der Waals surface area contributed by atoms with E-state index in [1.54, 1.807) is 0 Å². The molecular formula is C11H18N4S. The van der Waals surface area contributed by atoms with E-state index in [9.17, 15) is 0 Å². The largest absolute Gasteiger partial charge is 0.384 e. The molecule has 16 heavy (non-hydrogen) atoms. The first-order valence-corrected chi connectivity index (χ1v) is 6.62. The van der Waals surface area contributed by atoms with Crippen LogP contribution in [0.15, 0.2) is 6.07 Å². The molecule has 1 aromatic rings. The van der Waals surface area contributed by atoms with Gasteiger partial charge in [-0.05, 0) is 13.8 Å². The SMILES string of the molecule is Cc1nc(N)cc(N2CCSC(C)C2C)n1. The first kappa shape index (κ1) is 11.5. The topological polar surface area (TPSA) is 55.0 Å². The van der Waals surface area contributed by atoms with Crippen molar-refractivity contribution in [3.05, 3.63) is 11.9 Å². The number of nitrogen functional groups attached to an aromatic ring is 1. The molecule has 1 saturated heterocycles. The third-order valence-corrected chi connectivity index (χ3v) is 4.36. The molecule has 2 unspecified atom stereocenters. The van der Waals surface area contributed by atoms with Crippen molar-refractivity contribution in [3.8, 4) is 0 Å². The van der Waals surface area contributed by atoms with Crippen molar-refractivity contribution >= 4 is 23.4 Å². The average molecular weight is 238 g/mol. The van der Waals surface area contributed by atoms with Gasteiger partial charge >= 0.3 is 0 Å². The maximum absolute atomic E-state index is 5.76. The second-order valence-corrected chi connectivity index (χ2v) is 5.69. The van der Waals surface area contributed by atoms with Gasteiger partial charge in [-0.3, -0.25) is 0 Å². The van der Waals surface area contributed by atoms with Crippen LogP contribution in [-0.2, 0) is 0 Å². The number of aromatic nitrogens is 2. The van der Waals surface area contributed by atoms with Gasteiger partial charge in [-0.1, -0.05) is 6.92 Å². The second-order valence-electron chi connectivity index (χ2n) is 4.21. The fourth-order valence-electron chi connectivity index (χ4n) is 1.98. The van der Waals surface area contributed by atoms with Crippen LogP contribution in [0.1, 0.15) is 19.7 Å². The summed E-state index contributed by atoms with van der Waals surface area (Å²) in [5.41, 5.74) is 5.76. The summed E-state index contributed by atoms with van der Waals surface area (Å²) < 4.78 is 0. The van der Waals surface area contributed by atoms with Gasteiger partial charge in [-0.2, -0.15) is 11.8 Å². The Bertz CT molecular complexity index is 362. The van der Waals surface area contributed by atoms with Gasteiger partial charge in [0.2, 0.25) is 0 Å². The summed E-state index contributed by atoms with van der Waals surface area (Å²) in [4.78, 5) is 10.9. The van der Waals surface area contributed by atoms with E-state index in [1.165, 1.54) is 0 Å². The van der Waals surface area contributed by atoms with Crippen LogP contribution in [0.3, 0.4) is 0 Å². The summed E-state index contributed by atoms with van der Waals surface area (Å²) in [5.74, 6) is 3.41. The van der Waals surface area contributed by atoms with Crippen LogP contribution in [0.5, 0.6) is 0 Å². The van der Waals surface area contributed by atoms with Gasteiger partial charge in [0, 0.05) is 29.7 Å². The fourth-order valence-corrected chi connectivity index (χ4v) is 3.08. The molecule has 0 saturated carbocycles. The van der Waals surface area contributed by atoms with Crippen LogP contribution in [0.4, 0.5) is 11.6 Å². The molecule has 88 valence electrons. The van der Waals surface area contributed by atoms with Gasteiger partial charge in [0.25, 0.3) is 0 Å². The number of nitrogens with two attached hydrogens (primary N) is 1. The maximum atomic E-state index is 5.76. The van der Waals surface area contributed by atoms with Crippen LogP contribution in [0.2, 0.25) is 0 Å². The molecule has 0 bridgehead atoms. The molecule has 0 spiro atoms. The molecule has 0 radical (unpaired) electrons. The fraction of sp³-hybridized carbons (Fsp3) is 0.636. The van der Waals surface area contributed by atoms with Crippen molar-refractivity contribution in [2.75, 3.05) is 22.9 Å². The second kappa shape index (κ2) is 4.49. The summed E-state index contributed by atoms with van der Waals surface area (Å²) in [6.07, 6.45) is 0. The molecule has 1 aliphatic heterocycles. The Labute approximate surface area is 101 Å². The zero-order valence-electron chi connectivity index (χ0n) is 9.97. The van der Waals surface area contributed by atoms with Crippen molar-refractivity contribution in [2.45, 2.75) is 32.1 Å². The molecule has 0 aliphatic carbocycles. The minimum Gasteiger partial charge on any atom is -0.384 e. The summed E-state index contributed by atoms with van der Waals surface area (Å²) in [6, 6.07) is 2.36. The number of aryl methyl sites for hydroxylation is 1. The predicted octanol–water partition coefficient (Wildman–Crippen LogP) is 1.70. The van der Waals surface area contributed by atoms with Crippen LogP contribution >= 0.6 is 11.8 Å². The minimum absolute atomic E-state index is 0.493. The molecule has 2 heterocycles. The van der Waals surface area contributed by atoms with Crippen LogP contribution in [0, 0.1) is 6.92 Å². The van der Waals surface area contributed by atoms with Gasteiger partial charge in [0.15, 0.2) is 0 Å². The molecule has 1 aliphatic rings. The highest BCUT2D eigenvalue weighted by atomic mass is 32.2. The van der Waals surface area contributed by atoms with E-state index in [0.29, 0.717) is 17.1 Å². The first-order chi connectivity index (χ1) is 7.58. The van der Waals surface area contributed by atoms with Crippen molar-refractivity contribution < 1.29 is 0 Å². The molecule has 0 amide bonds. The number of anilines is 2. The lowest BCUT2D eigenvalue weighted by Crippen LogP contribution is -2.45. The van der Waals surface area contributed by atoms with Gasteiger partial charge in [-0.25, -0.2) is 9.97 Å². The van der Waals surface area contributed by atoms with Crippen molar-refractivity contribution in [1.29, 1.82) is 0 Å². The molecule has 2 atom stereocenters. The smallest absolute Gasteiger partial charge is 0.134 e. The van der Waals surface area contributed by atoms with E-state index in [0.717, 1.165) is 23.9 Å². The highest BCUT2D eigenvalue weighted by molar-refractivity contribution is 8.00. The standard InChI is InChI=1S/C11H18N4S/c1-7-8(2)16-5-4-15(7)11-6-10(12)13-9(3)14-11/h6-8H,4-5H2,1-3H3,(H2,12,13,14). The Hall–Kier alpha value is -0.970. The predicted molar refractivity (Wildman–Crippen MR) is 69.9 cm³/mol. The van der Waals surface area contributed by atoms with Crippen LogP contribution in [0.25, 0.3) is 0 Å². The van der Waals surface area contributed by atoms with Gasteiger partial charge in [0.05, 0.1) is 0 Å². The Balaban J connectivity index is 2.28. The third kappa shape index (κ3) is 2.24. The maximum Gasteiger partial charge on any atom is 0.134 e. The number of hydrogen-bond donors (Lipinski definition) is 1. The number of nitrogens with zero attached hydrogens (tertiary/aromatic N) is 3. The molecule has 2 rings (SSSR count). The van der Waals surface area contributed by atoms with E-state index in [4.69, 9.17) is 5.73 Å². The molecule has 1 aromatic heterocycles. The van der Waals surface area contributed by atoms with E-state index < -0.39 is 0 Å². The summed E-state index contributed by atoms with van der Waals surface area (Å²) in [7, 11) is 0. The van der Waals surface area contributed by atoms with Gasteiger partial charge < -0.3 is 10.6 Å². The normalized spacial score (nSPS) is 25.8. The van der Waals surface area contributed by atoms with Crippen LogP contribution in [-0.4, -0.2) is 33.6 Å². The lowest BCUT2D eigenvalue weighted by molar-refractivity contribution is 0.619. The molecule has 0 aromatic carbocycles. The van der Waals surface area contributed by atoms with Gasteiger partial charge in [-0.15, -0.1) is 0 Å². The highest BCUT2D eigenvalue weighted by Gasteiger charge is 2.26. The van der Waals surface area contributed by atoms with Crippen LogP contribution < -0.4 is 10.6 Å². The number of thioether (sulfide) groups is 1. The molecule has 4 nitrogen and oxygen atoms in total.